The third-order valence-electron chi connectivity index (χ3n) is 3.54. The van der Waals surface area contributed by atoms with Crippen LogP contribution in [0, 0.1) is 5.92 Å². The lowest BCUT2D eigenvalue weighted by molar-refractivity contribution is 0.0743. The Labute approximate surface area is 123 Å². The first kappa shape index (κ1) is 15.3. The van der Waals surface area contributed by atoms with Crippen LogP contribution in [-0.2, 0) is 10.0 Å². The quantitative estimate of drug-likeness (QED) is 0.904. The number of sulfonamides is 1. The molecule has 1 saturated heterocycles. The van der Waals surface area contributed by atoms with Crippen LogP contribution in [0.4, 0.5) is 0 Å². The maximum Gasteiger partial charge on any atom is 0.255 e. The van der Waals surface area contributed by atoms with Crippen molar-refractivity contribution in [2.45, 2.75) is 31.2 Å². The summed E-state index contributed by atoms with van der Waals surface area (Å²) < 4.78 is 22.7. The Bertz CT molecular complexity index is 645. The van der Waals surface area contributed by atoms with E-state index in [1.807, 2.05) is 6.92 Å². The molecule has 1 heterocycles. The molecule has 2 unspecified atom stereocenters. The summed E-state index contributed by atoms with van der Waals surface area (Å²) in [4.78, 5) is 14.1. The lowest BCUT2D eigenvalue weighted by Gasteiger charge is -2.22. The van der Waals surface area contributed by atoms with E-state index in [0.29, 0.717) is 12.5 Å². The highest BCUT2D eigenvalue weighted by molar-refractivity contribution is 7.89. The smallest absolute Gasteiger partial charge is 0.255 e. The maximum atomic E-state index is 12.5. The summed E-state index contributed by atoms with van der Waals surface area (Å²) in [6.45, 7) is 4.70. The number of nitrogens with zero attached hydrogens (tertiary/aromatic N) is 1. The molecule has 2 rings (SSSR count). The van der Waals surface area contributed by atoms with E-state index < -0.39 is 10.0 Å². The highest BCUT2D eigenvalue weighted by Gasteiger charge is 2.31. The molecular weight excluding hydrogens is 300 g/mol. The molecule has 1 fully saturated rings. The molecule has 1 amide bonds. The molecule has 1 aliphatic rings. The van der Waals surface area contributed by atoms with Gasteiger partial charge in [0.1, 0.15) is 0 Å². The minimum atomic E-state index is -3.85. The van der Waals surface area contributed by atoms with Crippen molar-refractivity contribution in [1.29, 1.82) is 0 Å². The van der Waals surface area contributed by atoms with E-state index >= 15 is 0 Å². The number of hydrogen-bond acceptors (Lipinski definition) is 3. The lowest BCUT2D eigenvalue weighted by Crippen LogP contribution is -2.34. The normalized spacial score (nSPS) is 23.1. The Morgan fingerprint density at radius 2 is 2.05 bits per heavy atom. The van der Waals surface area contributed by atoms with E-state index in [2.05, 4.69) is 6.92 Å². The van der Waals surface area contributed by atoms with Crippen LogP contribution >= 0.6 is 11.6 Å². The van der Waals surface area contributed by atoms with Gasteiger partial charge in [-0.3, -0.25) is 4.79 Å². The molecule has 0 aromatic heterocycles. The van der Waals surface area contributed by atoms with Gasteiger partial charge >= 0.3 is 0 Å². The number of hydrogen-bond donors (Lipinski definition) is 1. The van der Waals surface area contributed by atoms with E-state index in [1.165, 1.54) is 18.2 Å². The molecule has 0 radical (unpaired) electrons. The van der Waals surface area contributed by atoms with E-state index in [0.717, 1.165) is 6.42 Å². The molecular formula is C13H17ClN2O3S. The van der Waals surface area contributed by atoms with Gasteiger partial charge in [0.25, 0.3) is 5.91 Å². The molecule has 5 nitrogen and oxygen atoms in total. The fourth-order valence-corrected chi connectivity index (χ4v) is 3.32. The highest BCUT2D eigenvalue weighted by atomic mass is 35.5. The van der Waals surface area contributed by atoms with E-state index in [1.54, 1.807) is 4.90 Å². The maximum absolute atomic E-state index is 12.5. The molecule has 20 heavy (non-hydrogen) atoms. The first-order valence-electron chi connectivity index (χ1n) is 6.33. The average molecular weight is 317 g/mol. The number of halogens is 1. The molecule has 0 bridgehead atoms. The van der Waals surface area contributed by atoms with Crippen LogP contribution < -0.4 is 5.14 Å². The van der Waals surface area contributed by atoms with Gasteiger partial charge in [-0.2, -0.15) is 0 Å². The molecule has 2 N–H and O–H groups in total. The number of nitrogens with two attached hydrogens (primary N) is 1. The van der Waals surface area contributed by atoms with Gasteiger partial charge in [0.05, 0.1) is 15.5 Å². The van der Waals surface area contributed by atoms with Crippen LogP contribution in [0.15, 0.2) is 23.1 Å². The topological polar surface area (TPSA) is 80.5 Å². The monoisotopic (exact) mass is 316 g/mol. The molecule has 2 atom stereocenters. The van der Waals surface area contributed by atoms with Crippen molar-refractivity contribution in [2.75, 3.05) is 6.54 Å². The van der Waals surface area contributed by atoms with Gasteiger partial charge in [0.2, 0.25) is 10.0 Å². The van der Waals surface area contributed by atoms with Crippen molar-refractivity contribution in [1.82, 2.24) is 4.90 Å². The lowest BCUT2D eigenvalue weighted by atomic mass is 10.1. The van der Waals surface area contributed by atoms with Gasteiger partial charge in [0, 0.05) is 12.6 Å². The van der Waals surface area contributed by atoms with Crippen molar-refractivity contribution in [3.8, 4) is 0 Å². The summed E-state index contributed by atoms with van der Waals surface area (Å²) in [6, 6.07) is 4.05. The van der Waals surface area contributed by atoms with Crippen molar-refractivity contribution >= 4 is 27.5 Å². The minimum Gasteiger partial charge on any atom is -0.336 e. The number of amides is 1. The van der Waals surface area contributed by atoms with Gasteiger partial charge in [-0.15, -0.1) is 0 Å². The largest absolute Gasteiger partial charge is 0.336 e. The second-order valence-electron chi connectivity index (χ2n) is 5.33. The van der Waals surface area contributed by atoms with Gasteiger partial charge in [-0.25, -0.2) is 13.6 Å². The van der Waals surface area contributed by atoms with Crippen LogP contribution in [0.3, 0.4) is 0 Å². The molecule has 1 aliphatic heterocycles. The summed E-state index contributed by atoms with van der Waals surface area (Å²) >= 11 is 6.02. The second-order valence-corrected chi connectivity index (χ2v) is 7.30. The first-order valence-corrected chi connectivity index (χ1v) is 8.26. The van der Waals surface area contributed by atoms with Crippen molar-refractivity contribution in [3.63, 3.8) is 0 Å². The Morgan fingerprint density at radius 1 is 1.40 bits per heavy atom. The molecule has 7 heteroatoms. The van der Waals surface area contributed by atoms with Gasteiger partial charge in [-0.05, 0) is 37.5 Å². The van der Waals surface area contributed by atoms with Crippen LogP contribution in [0.2, 0.25) is 5.02 Å². The Hall–Kier alpha value is -1.11. The predicted octanol–water partition coefficient (Wildman–Crippen LogP) is 1.86. The van der Waals surface area contributed by atoms with Gasteiger partial charge < -0.3 is 4.90 Å². The Morgan fingerprint density at radius 3 is 2.55 bits per heavy atom. The van der Waals surface area contributed by atoms with E-state index in [9.17, 15) is 13.2 Å². The average Bonchev–Trinajstić information content (AvgIpc) is 2.66. The SMILES string of the molecule is CC1CC(C)N(C(=O)c2cc(S(N)(=O)=O)ccc2Cl)C1. The molecule has 0 saturated carbocycles. The predicted molar refractivity (Wildman–Crippen MR) is 77.1 cm³/mol. The van der Waals surface area contributed by atoms with Crippen molar-refractivity contribution in [3.05, 3.63) is 28.8 Å². The number of likely N-dealkylation sites (tertiary alicyclic amines) is 1. The van der Waals surface area contributed by atoms with E-state index in [4.69, 9.17) is 16.7 Å². The zero-order valence-electron chi connectivity index (χ0n) is 11.3. The zero-order valence-corrected chi connectivity index (χ0v) is 12.9. The summed E-state index contributed by atoms with van der Waals surface area (Å²) in [7, 11) is -3.85. The first-order chi connectivity index (χ1) is 9.20. The standard InChI is InChI=1S/C13H17ClN2O3S/c1-8-5-9(2)16(7-8)13(17)11-6-10(20(15,18)19)3-4-12(11)14/h3-4,6,8-9H,5,7H2,1-2H3,(H2,15,18,19). The minimum absolute atomic E-state index is 0.106. The summed E-state index contributed by atoms with van der Waals surface area (Å²) in [5, 5.41) is 5.31. The van der Waals surface area contributed by atoms with Crippen LogP contribution in [-0.4, -0.2) is 31.8 Å². The number of primary sulfonamides is 1. The zero-order chi connectivity index (χ0) is 15.1. The third kappa shape index (κ3) is 2.97. The van der Waals surface area contributed by atoms with Gasteiger partial charge in [0.15, 0.2) is 0 Å². The molecule has 110 valence electrons. The van der Waals surface area contributed by atoms with Crippen LogP contribution in [0.1, 0.15) is 30.6 Å². The fourth-order valence-electron chi connectivity index (χ4n) is 2.58. The molecule has 0 aliphatic carbocycles. The Kier molecular flexibility index (Phi) is 4.09. The summed E-state index contributed by atoms with van der Waals surface area (Å²) in [5.74, 6) is 0.173. The summed E-state index contributed by atoms with van der Waals surface area (Å²) in [6.07, 6.45) is 0.929. The fraction of sp³-hybridized carbons (Fsp3) is 0.462. The van der Waals surface area contributed by atoms with Crippen LogP contribution in [0.25, 0.3) is 0 Å². The second kappa shape index (κ2) is 5.35. The van der Waals surface area contributed by atoms with E-state index in [-0.39, 0.29) is 27.4 Å². The number of benzene rings is 1. The Balaban J connectivity index is 2.40. The number of rotatable bonds is 2. The van der Waals surface area contributed by atoms with Crippen molar-refractivity contribution in [2.24, 2.45) is 11.1 Å². The van der Waals surface area contributed by atoms with Crippen LogP contribution in [0.5, 0.6) is 0 Å². The molecule has 1 aromatic carbocycles. The summed E-state index contributed by atoms with van der Waals surface area (Å²) in [5.41, 5.74) is 0.180. The molecule has 0 spiro atoms. The highest BCUT2D eigenvalue weighted by Crippen LogP contribution is 2.27. The number of carbonyl (C=O) groups excluding carboxylic acids is 1. The third-order valence-corrected chi connectivity index (χ3v) is 4.78. The molecule has 1 aromatic rings. The van der Waals surface area contributed by atoms with Crippen molar-refractivity contribution < 1.29 is 13.2 Å². The van der Waals surface area contributed by atoms with Gasteiger partial charge in [-0.1, -0.05) is 18.5 Å². The number of carbonyl (C=O) groups is 1.